The first kappa shape index (κ1) is 18.8. The van der Waals surface area contributed by atoms with Crippen LogP contribution in [0.25, 0.3) is 10.2 Å². The fraction of sp³-hybridized carbons (Fsp3) is 0.300. The van der Waals surface area contributed by atoms with Crippen molar-refractivity contribution in [1.82, 2.24) is 4.57 Å². The molecule has 3 aromatic rings. The number of amides is 1. The zero-order valence-corrected chi connectivity index (χ0v) is 16.4. The van der Waals surface area contributed by atoms with Gasteiger partial charge in [0.25, 0.3) is 5.91 Å². The van der Waals surface area contributed by atoms with E-state index < -0.39 is 0 Å². The number of aryl methyl sites for hydroxylation is 1. The number of aromatic nitrogens is 1. The number of rotatable bonds is 6. The molecule has 0 saturated carbocycles. The molecule has 0 spiro atoms. The van der Waals surface area contributed by atoms with E-state index in [1.807, 2.05) is 34.9 Å². The Kier molecular flexibility index (Phi) is 6.25. The monoisotopic (exact) mass is 388 g/mol. The summed E-state index contributed by atoms with van der Waals surface area (Å²) in [6.45, 7) is 3.30. The Hall–Kier alpha value is -1.95. The maximum Gasteiger partial charge on any atom is 0.252 e. The molecular formula is C20H21ClN2O2S. The molecule has 0 N–H and O–H groups in total. The number of hydrogen-bond donors (Lipinski definition) is 0. The lowest BCUT2D eigenvalue weighted by Crippen LogP contribution is -2.19. The third-order valence-electron chi connectivity index (χ3n) is 4.17. The van der Waals surface area contributed by atoms with E-state index in [2.05, 4.69) is 24.0 Å². The Bertz CT molecular complexity index is 974. The summed E-state index contributed by atoms with van der Waals surface area (Å²) in [4.78, 5) is 17.5. The molecule has 0 atom stereocenters. The van der Waals surface area contributed by atoms with Crippen molar-refractivity contribution in [2.45, 2.75) is 26.3 Å². The summed E-state index contributed by atoms with van der Waals surface area (Å²) in [7, 11) is 1.66. The quantitative estimate of drug-likeness (QED) is 0.634. The highest BCUT2D eigenvalue weighted by Gasteiger charge is 2.09. The smallest absolute Gasteiger partial charge is 0.252 e. The molecular weight excluding hydrogens is 368 g/mol. The van der Waals surface area contributed by atoms with E-state index in [1.165, 1.54) is 16.9 Å². The zero-order valence-electron chi connectivity index (χ0n) is 14.9. The Morgan fingerprint density at radius 3 is 2.62 bits per heavy atom. The number of nitrogens with zero attached hydrogens (tertiary/aromatic N) is 2. The van der Waals surface area contributed by atoms with Gasteiger partial charge < -0.3 is 9.30 Å². The Morgan fingerprint density at radius 2 is 1.92 bits per heavy atom. The second-order valence-corrected chi connectivity index (χ2v) is 7.44. The fourth-order valence-electron chi connectivity index (χ4n) is 2.74. The average molecular weight is 389 g/mol. The molecule has 4 nitrogen and oxygen atoms in total. The van der Waals surface area contributed by atoms with Crippen LogP contribution in [-0.2, 0) is 28.9 Å². The van der Waals surface area contributed by atoms with E-state index in [9.17, 15) is 4.79 Å². The van der Waals surface area contributed by atoms with Crippen LogP contribution in [0, 0.1) is 0 Å². The van der Waals surface area contributed by atoms with Crippen LogP contribution in [0.3, 0.4) is 0 Å². The first-order chi connectivity index (χ1) is 12.6. The minimum absolute atomic E-state index is 0.155. The first-order valence-corrected chi connectivity index (χ1v) is 9.73. The lowest BCUT2D eigenvalue weighted by molar-refractivity contribution is -0.117. The zero-order chi connectivity index (χ0) is 18.5. The number of carbonyl (C=O) groups is 1. The molecule has 0 aliphatic rings. The summed E-state index contributed by atoms with van der Waals surface area (Å²) >= 11 is 7.57. The van der Waals surface area contributed by atoms with Gasteiger partial charge in [-0.3, -0.25) is 4.79 Å². The van der Waals surface area contributed by atoms with Crippen molar-refractivity contribution in [3.8, 4) is 0 Å². The van der Waals surface area contributed by atoms with Crippen LogP contribution in [0.5, 0.6) is 0 Å². The van der Waals surface area contributed by atoms with Gasteiger partial charge in [-0.1, -0.05) is 54.1 Å². The Morgan fingerprint density at radius 1 is 1.19 bits per heavy atom. The highest BCUT2D eigenvalue weighted by atomic mass is 35.5. The Labute approximate surface area is 161 Å². The van der Waals surface area contributed by atoms with Crippen LogP contribution in [0.15, 0.2) is 47.5 Å². The number of ether oxygens (including phenoxy) is 1. The standard InChI is InChI=1S/C20H21ClN2O2S/c1-3-14-4-6-15(7-5-14)12-19(24)22-20-23(10-11-25-2)17-9-8-16(21)13-18(17)26-20/h4-9,13H,3,10-12H2,1-2H3. The van der Waals surface area contributed by atoms with E-state index >= 15 is 0 Å². The van der Waals surface area contributed by atoms with Gasteiger partial charge in [-0.2, -0.15) is 4.99 Å². The van der Waals surface area contributed by atoms with Crippen LogP contribution < -0.4 is 4.80 Å². The predicted octanol–water partition coefficient (Wildman–Crippen LogP) is 4.24. The van der Waals surface area contributed by atoms with Gasteiger partial charge in [-0.25, -0.2) is 0 Å². The van der Waals surface area contributed by atoms with Gasteiger partial charge in [0.2, 0.25) is 0 Å². The minimum Gasteiger partial charge on any atom is -0.383 e. The summed E-state index contributed by atoms with van der Waals surface area (Å²) in [6.07, 6.45) is 1.28. The number of thiazole rings is 1. The van der Waals surface area contributed by atoms with Gasteiger partial charge in [0.15, 0.2) is 4.80 Å². The predicted molar refractivity (Wildman–Crippen MR) is 107 cm³/mol. The van der Waals surface area contributed by atoms with Crippen LogP contribution in [0.1, 0.15) is 18.1 Å². The molecule has 2 aromatic carbocycles. The molecule has 0 fully saturated rings. The molecule has 6 heteroatoms. The van der Waals surface area contributed by atoms with Gasteiger partial charge in [0.05, 0.1) is 23.2 Å². The van der Waals surface area contributed by atoms with Crippen LogP contribution in [-0.4, -0.2) is 24.2 Å². The molecule has 0 aliphatic carbocycles. The number of methoxy groups -OCH3 is 1. The third-order valence-corrected chi connectivity index (χ3v) is 5.45. The van der Waals surface area contributed by atoms with Gasteiger partial charge in [0.1, 0.15) is 0 Å². The molecule has 1 aromatic heterocycles. The highest BCUT2D eigenvalue weighted by molar-refractivity contribution is 7.16. The Balaban J connectivity index is 1.92. The van der Waals surface area contributed by atoms with Crippen molar-refractivity contribution < 1.29 is 9.53 Å². The summed E-state index contributed by atoms with van der Waals surface area (Å²) < 4.78 is 8.22. The SMILES string of the molecule is CCc1ccc(CC(=O)N=c2sc3cc(Cl)ccc3n2CCOC)cc1. The topological polar surface area (TPSA) is 43.6 Å². The van der Waals surface area contributed by atoms with Crippen LogP contribution in [0.2, 0.25) is 5.02 Å². The maximum absolute atomic E-state index is 12.5. The van der Waals surface area contributed by atoms with Crippen molar-refractivity contribution in [3.63, 3.8) is 0 Å². The summed E-state index contributed by atoms with van der Waals surface area (Å²) in [6, 6.07) is 13.8. The molecule has 136 valence electrons. The fourth-order valence-corrected chi connectivity index (χ4v) is 4.09. The van der Waals surface area contributed by atoms with E-state index in [-0.39, 0.29) is 5.91 Å². The van der Waals surface area contributed by atoms with Gasteiger partial charge in [0, 0.05) is 18.7 Å². The third kappa shape index (κ3) is 4.41. The van der Waals surface area contributed by atoms with Gasteiger partial charge >= 0.3 is 0 Å². The lowest BCUT2D eigenvalue weighted by atomic mass is 10.1. The molecule has 3 rings (SSSR count). The van der Waals surface area contributed by atoms with Crippen molar-refractivity contribution in [2.75, 3.05) is 13.7 Å². The summed E-state index contributed by atoms with van der Waals surface area (Å²) in [5.41, 5.74) is 3.25. The number of hydrogen-bond acceptors (Lipinski definition) is 3. The number of carbonyl (C=O) groups excluding carboxylic acids is 1. The number of benzene rings is 2. The second-order valence-electron chi connectivity index (χ2n) is 5.99. The molecule has 1 heterocycles. The second kappa shape index (κ2) is 8.62. The first-order valence-electron chi connectivity index (χ1n) is 8.54. The van der Waals surface area contributed by atoms with Crippen molar-refractivity contribution >= 4 is 39.1 Å². The molecule has 0 bridgehead atoms. The van der Waals surface area contributed by atoms with E-state index in [4.69, 9.17) is 16.3 Å². The molecule has 0 saturated heterocycles. The summed E-state index contributed by atoms with van der Waals surface area (Å²) in [5.74, 6) is -0.155. The van der Waals surface area contributed by atoms with E-state index in [0.29, 0.717) is 29.4 Å². The molecule has 0 unspecified atom stereocenters. The van der Waals surface area contributed by atoms with Gasteiger partial charge in [-0.15, -0.1) is 0 Å². The lowest BCUT2D eigenvalue weighted by Gasteiger charge is -2.04. The van der Waals surface area contributed by atoms with Crippen LogP contribution in [0.4, 0.5) is 0 Å². The van der Waals surface area contributed by atoms with Crippen LogP contribution >= 0.6 is 22.9 Å². The number of halogens is 1. The normalized spacial score (nSPS) is 12.0. The molecule has 1 amide bonds. The van der Waals surface area contributed by atoms with Gasteiger partial charge in [-0.05, 0) is 35.7 Å². The molecule has 0 aliphatic heterocycles. The van der Waals surface area contributed by atoms with Crippen molar-refractivity contribution in [3.05, 3.63) is 63.4 Å². The number of fused-ring (bicyclic) bond motifs is 1. The summed E-state index contributed by atoms with van der Waals surface area (Å²) in [5, 5.41) is 0.673. The molecule has 26 heavy (non-hydrogen) atoms. The highest BCUT2D eigenvalue weighted by Crippen LogP contribution is 2.22. The van der Waals surface area contributed by atoms with Crippen molar-refractivity contribution in [1.29, 1.82) is 0 Å². The van der Waals surface area contributed by atoms with E-state index in [0.717, 1.165) is 22.2 Å². The van der Waals surface area contributed by atoms with E-state index in [1.54, 1.807) is 7.11 Å². The minimum atomic E-state index is -0.155. The van der Waals surface area contributed by atoms with Crippen molar-refractivity contribution in [2.24, 2.45) is 4.99 Å². The maximum atomic E-state index is 12.5. The average Bonchev–Trinajstić information content (AvgIpc) is 2.96. The molecule has 0 radical (unpaired) electrons. The largest absolute Gasteiger partial charge is 0.383 e.